The summed E-state index contributed by atoms with van der Waals surface area (Å²) in [5.74, 6) is -0.312. The molecule has 0 aliphatic heterocycles. The fourth-order valence-corrected chi connectivity index (χ4v) is 3.85. The molecule has 0 fully saturated rings. The van der Waals surface area contributed by atoms with Gasteiger partial charge < -0.3 is 15.0 Å². The van der Waals surface area contributed by atoms with Gasteiger partial charge >= 0.3 is 5.97 Å². The summed E-state index contributed by atoms with van der Waals surface area (Å²) in [6.07, 6.45) is 5.13. The lowest BCUT2D eigenvalue weighted by Gasteiger charge is -2.12. The van der Waals surface area contributed by atoms with Gasteiger partial charge in [-0.2, -0.15) is 0 Å². The Hall–Kier alpha value is -2.68. The number of thiazole rings is 1. The molecule has 0 spiro atoms. The van der Waals surface area contributed by atoms with Crippen LogP contribution in [0.15, 0.2) is 42.3 Å². The van der Waals surface area contributed by atoms with Crippen LogP contribution >= 0.6 is 34.5 Å². The average molecular weight is 434 g/mol. The summed E-state index contributed by atoms with van der Waals surface area (Å²) in [4.78, 5) is 23.8. The molecule has 0 radical (unpaired) electrons. The Morgan fingerprint density at radius 3 is 2.89 bits per heavy atom. The third-order valence-corrected chi connectivity index (χ3v) is 5.68. The van der Waals surface area contributed by atoms with Crippen molar-refractivity contribution >= 4 is 57.2 Å². The Kier molecular flexibility index (Phi) is 5.17. The van der Waals surface area contributed by atoms with E-state index >= 15 is 0 Å². The maximum atomic E-state index is 10.8. The van der Waals surface area contributed by atoms with Crippen molar-refractivity contribution in [3.05, 3.63) is 63.0 Å². The molecule has 3 heterocycles. The highest BCUT2D eigenvalue weighted by molar-refractivity contribution is 7.09. The van der Waals surface area contributed by atoms with Crippen molar-refractivity contribution < 1.29 is 9.90 Å². The van der Waals surface area contributed by atoms with Crippen molar-refractivity contribution in [1.82, 2.24) is 19.5 Å². The third-order valence-electron chi connectivity index (χ3n) is 3.99. The van der Waals surface area contributed by atoms with E-state index in [1.807, 2.05) is 22.9 Å². The molecule has 4 aromatic rings. The fraction of sp³-hybridized carbons (Fsp3) is 0.111. The van der Waals surface area contributed by atoms with Gasteiger partial charge in [-0.15, -0.1) is 11.3 Å². The minimum atomic E-state index is -0.905. The smallest absolute Gasteiger partial charge is 0.309 e. The van der Waals surface area contributed by atoms with Crippen molar-refractivity contribution in [2.24, 2.45) is 0 Å². The number of aromatic nitrogens is 4. The van der Waals surface area contributed by atoms with Gasteiger partial charge in [-0.1, -0.05) is 23.2 Å². The van der Waals surface area contributed by atoms with Crippen LogP contribution in [-0.4, -0.2) is 30.6 Å². The quantitative estimate of drug-likeness (QED) is 0.467. The number of halogens is 2. The molecule has 3 aromatic heterocycles. The number of carboxylic acids is 1. The SMILES string of the molecule is O=C(O)Cc1csc(CNc2cc(-n3ccnc3)c3ccc(Cl)c(Cl)c3n2)n1. The highest BCUT2D eigenvalue weighted by Crippen LogP contribution is 2.34. The molecule has 0 atom stereocenters. The standard InChI is InChI=1S/C18H13Cl2N5O2S/c19-12-2-1-11-13(25-4-3-21-9-25)6-14(24-18(11)17(12)20)22-7-15-23-10(8-28-15)5-16(26)27/h1-4,6,8-9H,5,7H2,(H,22,24)(H,26,27). The topological polar surface area (TPSA) is 92.9 Å². The Labute approximate surface area is 173 Å². The highest BCUT2D eigenvalue weighted by Gasteiger charge is 2.13. The number of nitrogens with one attached hydrogen (secondary N) is 1. The molecule has 0 aliphatic rings. The number of benzene rings is 1. The molecule has 0 saturated heterocycles. The second kappa shape index (κ2) is 7.75. The number of hydrogen-bond donors (Lipinski definition) is 2. The van der Waals surface area contributed by atoms with Crippen LogP contribution in [0.1, 0.15) is 10.7 Å². The highest BCUT2D eigenvalue weighted by atomic mass is 35.5. The number of carboxylic acid groups (broad SMARTS) is 1. The predicted octanol–water partition coefficient (Wildman–Crippen LogP) is 4.42. The number of pyridine rings is 1. The molecule has 0 aliphatic carbocycles. The van der Waals surface area contributed by atoms with E-state index in [1.165, 1.54) is 11.3 Å². The summed E-state index contributed by atoms with van der Waals surface area (Å²) >= 11 is 13.9. The van der Waals surface area contributed by atoms with E-state index in [4.69, 9.17) is 28.3 Å². The first-order chi connectivity index (χ1) is 13.5. The monoisotopic (exact) mass is 433 g/mol. The normalized spacial score (nSPS) is 11.1. The maximum absolute atomic E-state index is 10.8. The van der Waals surface area contributed by atoms with E-state index in [0.717, 1.165) is 16.1 Å². The number of nitrogens with zero attached hydrogens (tertiary/aromatic N) is 4. The van der Waals surface area contributed by atoms with E-state index in [1.54, 1.807) is 24.0 Å². The lowest BCUT2D eigenvalue weighted by Crippen LogP contribution is -2.05. The molecule has 0 saturated carbocycles. The van der Waals surface area contributed by atoms with E-state index in [-0.39, 0.29) is 6.42 Å². The third kappa shape index (κ3) is 3.80. The van der Waals surface area contributed by atoms with Gasteiger partial charge in [0.2, 0.25) is 0 Å². The molecule has 28 heavy (non-hydrogen) atoms. The van der Waals surface area contributed by atoms with Gasteiger partial charge in [-0.25, -0.2) is 15.0 Å². The van der Waals surface area contributed by atoms with Crippen LogP contribution in [0.25, 0.3) is 16.6 Å². The van der Waals surface area contributed by atoms with Crippen LogP contribution in [0.2, 0.25) is 10.0 Å². The van der Waals surface area contributed by atoms with Crippen molar-refractivity contribution in [1.29, 1.82) is 0 Å². The number of hydrogen-bond acceptors (Lipinski definition) is 6. The van der Waals surface area contributed by atoms with Crippen molar-refractivity contribution in [3.8, 4) is 5.69 Å². The molecular weight excluding hydrogens is 421 g/mol. The Balaban J connectivity index is 1.68. The number of fused-ring (bicyclic) bond motifs is 1. The van der Waals surface area contributed by atoms with Gasteiger partial charge in [0.05, 0.1) is 46.2 Å². The van der Waals surface area contributed by atoms with Gasteiger partial charge in [0, 0.05) is 29.2 Å². The van der Waals surface area contributed by atoms with Crippen molar-refractivity contribution in [3.63, 3.8) is 0 Å². The molecule has 0 bridgehead atoms. The summed E-state index contributed by atoms with van der Waals surface area (Å²) in [6, 6.07) is 5.50. The first-order valence-corrected chi connectivity index (χ1v) is 9.81. The molecule has 4 rings (SSSR count). The number of aliphatic carboxylic acids is 1. The first kappa shape index (κ1) is 18.7. The number of anilines is 1. The Morgan fingerprint density at radius 2 is 2.14 bits per heavy atom. The number of imidazole rings is 1. The van der Waals surface area contributed by atoms with Crippen molar-refractivity contribution in [2.45, 2.75) is 13.0 Å². The van der Waals surface area contributed by atoms with E-state index in [9.17, 15) is 4.79 Å². The zero-order chi connectivity index (χ0) is 19.7. The molecule has 7 nitrogen and oxygen atoms in total. The van der Waals surface area contributed by atoms with Gasteiger partial charge in [-0.05, 0) is 12.1 Å². The van der Waals surface area contributed by atoms with Crippen LogP contribution in [0.4, 0.5) is 5.82 Å². The minimum absolute atomic E-state index is 0.0936. The van der Waals surface area contributed by atoms with E-state index in [0.29, 0.717) is 33.6 Å². The summed E-state index contributed by atoms with van der Waals surface area (Å²) in [5, 5.41) is 16.2. The summed E-state index contributed by atoms with van der Waals surface area (Å²) in [7, 11) is 0. The van der Waals surface area contributed by atoms with E-state index < -0.39 is 5.97 Å². The van der Waals surface area contributed by atoms with Crippen LogP contribution < -0.4 is 5.32 Å². The number of carbonyl (C=O) groups is 1. The second-order valence-corrected chi connectivity index (χ2v) is 7.64. The molecule has 10 heteroatoms. The number of rotatable bonds is 6. The zero-order valence-electron chi connectivity index (χ0n) is 14.3. The van der Waals surface area contributed by atoms with Gasteiger partial charge in [0.1, 0.15) is 10.8 Å². The molecule has 0 unspecified atom stereocenters. The molecule has 0 amide bonds. The van der Waals surface area contributed by atoms with Crippen LogP contribution in [0, 0.1) is 0 Å². The van der Waals surface area contributed by atoms with Crippen molar-refractivity contribution in [2.75, 3.05) is 5.32 Å². The minimum Gasteiger partial charge on any atom is -0.481 e. The van der Waals surface area contributed by atoms with Gasteiger partial charge in [0.25, 0.3) is 0 Å². The Morgan fingerprint density at radius 1 is 1.29 bits per heavy atom. The van der Waals surface area contributed by atoms with Crippen LogP contribution in [0.5, 0.6) is 0 Å². The lowest BCUT2D eigenvalue weighted by atomic mass is 10.1. The predicted molar refractivity (Wildman–Crippen MR) is 110 cm³/mol. The Bertz CT molecular complexity index is 1160. The molecular formula is C18H13Cl2N5O2S. The largest absolute Gasteiger partial charge is 0.481 e. The lowest BCUT2D eigenvalue weighted by molar-refractivity contribution is -0.136. The average Bonchev–Trinajstić information content (AvgIpc) is 3.34. The molecule has 1 aromatic carbocycles. The first-order valence-electron chi connectivity index (χ1n) is 8.17. The van der Waals surface area contributed by atoms with E-state index in [2.05, 4.69) is 20.3 Å². The summed E-state index contributed by atoms with van der Waals surface area (Å²) in [6.45, 7) is 0.407. The molecule has 142 valence electrons. The van der Waals surface area contributed by atoms with Gasteiger partial charge in [0.15, 0.2) is 0 Å². The van der Waals surface area contributed by atoms with Gasteiger partial charge in [-0.3, -0.25) is 4.79 Å². The summed E-state index contributed by atoms with van der Waals surface area (Å²) in [5.41, 5.74) is 1.97. The maximum Gasteiger partial charge on any atom is 0.309 e. The summed E-state index contributed by atoms with van der Waals surface area (Å²) < 4.78 is 1.87. The molecule has 2 N–H and O–H groups in total. The fourth-order valence-electron chi connectivity index (χ4n) is 2.75. The zero-order valence-corrected chi connectivity index (χ0v) is 16.6. The second-order valence-electron chi connectivity index (χ2n) is 5.91. The van der Waals surface area contributed by atoms with Crippen LogP contribution in [-0.2, 0) is 17.8 Å². The van der Waals surface area contributed by atoms with Crippen LogP contribution in [0.3, 0.4) is 0 Å².